The number of aromatic nitrogens is 1. The van der Waals surface area contributed by atoms with Crippen molar-refractivity contribution < 1.29 is 14.6 Å². The van der Waals surface area contributed by atoms with Crippen molar-refractivity contribution in [2.24, 2.45) is 0 Å². The van der Waals surface area contributed by atoms with Crippen LogP contribution in [0.2, 0.25) is 5.02 Å². The SMILES string of the molecule is COCC(C)N(C)c1nccc(C(=O)O)c1Cl. The van der Waals surface area contributed by atoms with Crippen LogP contribution in [0.15, 0.2) is 12.3 Å². The van der Waals surface area contributed by atoms with Gasteiger partial charge >= 0.3 is 5.97 Å². The average Bonchev–Trinajstić information content (AvgIpc) is 2.28. The van der Waals surface area contributed by atoms with Crippen LogP contribution in [0.4, 0.5) is 5.82 Å². The third kappa shape index (κ3) is 3.08. The van der Waals surface area contributed by atoms with E-state index in [4.69, 9.17) is 21.4 Å². The lowest BCUT2D eigenvalue weighted by atomic mass is 10.2. The Kier molecular flexibility index (Phi) is 4.72. The zero-order valence-corrected chi connectivity index (χ0v) is 10.7. The smallest absolute Gasteiger partial charge is 0.337 e. The fourth-order valence-corrected chi connectivity index (χ4v) is 1.73. The first-order valence-corrected chi connectivity index (χ1v) is 5.46. The van der Waals surface area contributed by atoms with E-state index in [0.717, 1.165) is 0 Å². The van der Waals surface area contributed by atoms with Gasteiger partial charge in [0.1, 0.15) is 5.82 Å². The number of carboxylic acids is 1. The second kappa shape index (κ2) is 5.84. The van der Waals surface area contributed by atoms with E-state index in [1.165, 1.54) is 12.3 Å². The predicted molar refractivity (Wildman–Crippen MR) is 65.9 cm³/mol. The average molecular weight is 259 g/mol. The van der Waals surface area contributed by atoms with E-state index in [2.05, 4.69) is 4.98 Å². The van der Waals surface area contributed by atoms with Crippen molar-refractivity contribution in [2.45, 2.75) is 13.0 Å². The Morgan fingerprint density at radius 3 is 2.88 bits per heavy atom. The molecule has 0 amide bonds. The van der Waals surface area contributed by atoms with Gasteiger partial charge in [-0.2, -0.15) is 0 Å². The molecule has 17 heavy (non-hydrogen) atoms. The van der Waals surface area contributed by atoms with Crippen molar-refractivity contribution in [3.63, 3.8) is 0 Å². The summed E-state index contributed by atoms with van der Waals surface area (Å²) in [5, 5.41) is 9.10. The first-order chi connectivity index (χ1) is 7.99. The third-order valence-electron chi connectivity index (χ3n) is 2.50. The van der Waals surface area contributed by atoms with Gasteiger partial charge in [0.05, 0.1) is 23.2 Å². The minimum absolute atomic E-state index is 0.0492. The lowest BCUT2D eigenvalue weighted by molar-refractivity contribution is 0.0697. The monoisotopic (exact) mass is 258 g/mol. The van der Waals surface area contributed by atoms with Crippen molar-refractivity contribution in [3.8, 4) is 0 Å². The molecule has 1 N–H and O–H groups in total. The highest BCUT2D eigenvalue weighted by Gasteiger charge is 2.19. The fraction of sp³-hybridized carbons (Fsp3) is 0.455. The van der Waals surface area contributed by atoms with Gasteiger partial charge in [-0.15, -0.1) is 0 Å². The molecule has 5 nitrogen and oxygen atoms in total. The molecular formula is C11H15ClN2O3. The summed E-state index contributed by atoms with van der Waals surface area (Å²) in [6.07, 6.45) is 1.43. The number of hydrogen-bond acceptors (Lipinski definition) is 4. The van der Waals surface area contributed by atoms with E-state index in [0.29, 0.717) is 12.4 Å². The van der Waals surface area contributed by atoms with Crippen LogP contribution in [0.5, 0.6) is 0 Å². The van der Waals surface area contributed by atoms with Crippen molar-refractivity contribution in [3.05, 3.63) is 22.8 Å². The first-order valence-electron chi connectivity index (χ1n) is 5.08. The van der Waals surface area contributed by atoms with Gasteiger partial charge in [0.2, 0.25) is 0 Å². The summed E-state index contributed by atoms with van der Waals surface area (Å²) in [5.41, 5.74) is 0.0492. The Balaban J connectivity index is 3.06. The Bertz CT molecular complexity index is 412. The maximum Gasteiger partial charge on any atom is 0.337 e. The standard InChI is InChI=1S/C11H15ClN2O3/c1-7(6-17-3)14(2)10-9(12)8(11(15)16)4-5-13-10/h4-5,7H,6H2,1-3H3,(H,15,16). The molecule has 1 unspecified atom stereocenters. The van der Waals surface area contributed by atoms with Crippen molar-refractivity contribution >= 4 is 23.4 Å². The number of ether oxygens (including phenoxy) is 1. The number of hydrogen-bond donors (Lipinski definition) is 1. The third-order valence-corrected chi connectivity index (χ3v) is 2.88. The largest absolute Gasteiger partial charge is 0.478 e. The van der Waals surface area contributed by atoms with Gasteiger partial charge in [-0.25, -0.2) is 9.78 Å². The van der Waals surface area contributed by atoms with Gasteiger partial charge in [0.25, 0.3) is 0 Å². The highest BCUT2D eigenvalue weighted by molar-refractivity contribution is 6.35. The molecule has 6 heteroatoms. The number of halogens is 1. The molecule has 1 rings (SSSR count). The molecule has 0 aliphatic heterocycles. The van der Waals surface area contributed by atoms with Crippen LogP contribution in [0.1, 0.15) is 17.3 Å². The fourth-order valence-electron chi connectivity index (χ4n) is 1.41. The van der Waals surface area contributed by atoms with Crippen LogP contribution < -0.4 is 4.90 Å². The summed E-state index contributed by atoms with van der Waals surface area (Å²) in [6.45, 7) is 2.45. The molecule has 1 atom stereocenters. The number of carbonyl (C=O) groups is 1. The molecule has 0 aliphatic rings. The molecule has 0 saturated carbocycles. The topological polar surface area (TPSA) is 62.7 Å². The maximum atomic E-state index is 10.9. The molecule has 0 aromatic carbocycles. The Hall–Kier alpha value is -1.33. The molecule has 1 aromatic heterocycles. The zero-order valence-electron chi connectivity index (χ0n) is 9.98. The van der Waals surface area contributed by atoms with E-state index >= 15 is 0 Å². The van der Waals surface area contributed by atoms with E-state index < -0.39 is 5.97 Å². The Labute approximate surface area is 105 Å². The van der Waals surface area contributed by atoms with Crippen LogP contribution in [0.3, 0.4) is 0 Å². The number of nitrogens with zero attached hydrogens (tertiary/aromatic N) is 2. The molecule has 94 valence electrons. The predicted octanol–water partition coefficient (Wildman–Crippen LogP) is 1.90. The van der Waals surface area contributed by atoms with E-state index in [9.17, 15) is 4.79 Å². The van der Waals surface area contributed by atoms with Crippen LogP contribution in [-0.4, -0.2) is 42.9 Å². The highest BCUT2D eigenvalue weighted by atomic mass is 35.5. The first kappa shape index (κ1) is 13.7. The number of carboxylic acid groups (broad SMARTS) is 1. The summed E-state index contributed by atoms with van der Waals surface area (Å²) in [4.78, 5) is 16.8. The van der Waals surface area contributed by atoms with Crippen molar-refractivity contribution in [1.29, 1.82) is 0 Å². The Morgan fingerprint density at radius 1 is 1.71 bits per heavy atom. The summed E-state index contributed by atoms with van der Waals surface area (Å²) in [6, 6.07) is 1.43. The molecule has 0 radical (unpaired) electrons. The highest BCUT2D eigenvalue weighted by Crippen LogP contribution is 2.27. The van der Waals surface area contributed by atoms with Gasteiger partial charge in [0.15, 0.2) is 0 Å². The molecule has 0 fully saturated rings. The minimum Gasteiger partial charge on any atom is -0.478 e. The lowest BCUT2D eigenvalue weighted by Gasteiger charge is -2.26. The molecule has 0 saturated heterocycles. The number of pyridine rings is 1. The minimum atomic E-state index is -1.06. The van der Waals surface area contributed by atoms with E-state index in [1.54, 1.807) is 19.1 Å². The van der Waals surface area contributed by atoms with Gasteiger partial charge in [0, 0.05) is 20.4 Å². The molecule has 1 aromatic rings. The van der Waals surface area contributed by atoms with Crippen LogP contribution >= 0.6 is 11.6 Å². The molecule has 0 bridgehead atoms. The lowest BCUT2D eigenvalue weighted by Crippen LogP contribution is -2.33. The molecule has 0 aliphatic carbocycles. The van der Waals surface area contributed by atoms with Crippen LogP contribution in [0.25, 0.3) is 0 Å². The van der Waals surface area contributed by atoms with Crippen molar-refractivity contribution in [2.75, 3.05) is 25.7 Å². The summed E-state index contributed by atoms with van der Waals surface area (Å²) in [7, 11) is 3.40. The number of methoxy groups -OCH3 is 1. The molecular weight excluding hydrogens is 244 g/mol. The number of anilines is 1. The van der Waals surface area contributed by atoms with Gasteiger partial charge in [-0.05, 0) is 13.0 Å². The second-order valence-corrected chi connectivity index (χ2v) is 4.09. The number of aromatic carboxylic acids is 1. The van der Waals surface area contributed by atoms with E-state index in [1.807, 2.05) is 6.92 Å². The quantitative estimate of drug-likeness (QED) is 0.874. The summed E-state index contributed by atoms with van der Waals surface area (Å²) < 4.78 is 5.03. The molecule has 1 heterocycles. The van der Waals surface area contributed by atoms with Gasteiger partial charge in [-0.3, -0.25) is 0 Å². The summed E-state index contributed by atoms with van der Waals surface area (Å²) in [5.74, 6) is -0.623. The Morgan fingerprint density at radius 2 is 2.35 bits per heavy atom. The van der Waals surface area contributed by atoms with Gasteiger partial charge in [-0.1, -0.05) is 11.6 Å². The summed E-state index contributed by atoms with van der Waals surface area (Å²) >= 11 is 6.02. The molecule has 0 spiro atoms. The van der Waals surface area contributed by atoms with E-state index in [-0.39, 0.29) is 16.6 Å². The van der Waals surface area contributed by atoms with Gasteiger partial charge < -0.3 is 14.7 Å². The maximum absolute atomic E-state index is 10.9. The zero-order chi connectivity index (χ0) is 13.0. The number of likely N-dealkylation sites (N-methyl/N-ethyl adjacent to an activating group) is 1. The normalized spacial score (nSPS) is 12.2. The van der Waals surface area contributed by atoms with Crippen LogP contribution in [-0.2, 0) is 4.74 Å². The second-order valence-electron chi connectivity index (χ2n) is 3.72. The number of rotatable bonds is 5. The van der Waals surface area contributed by atoms with Crippen LogP contribution in [0, 0.1) is 0 Å². The van der Waals surface area contributed by atoms with Crippen molar-refractivity contribution in [1.82, 2.24) is 4.98 Å².